The Balaban J connectivity index is 2.30. The van der Waals surface area contributed by atoms with Gasteiger partial charge in [-0.3, -0.25) is 0 Å². The fourth-order valence-electron chi connectivity index (χ4n) is 1.36. The highest BCUT2D eigenvalue weighted by Crippen LogP contribution is 2.21. The van der Waals surface area contributed by atoms with E-state index in [9.17, 15) is 5.11 Å². The van der Waals surface area contributed by atoms with Gasteiger partial charge in [-0.1, -0.05) is 6.08 Å². The molecule has 0 bridgehead atoms. The van der Waals surface area contributed by atoms with Gasteiger partial charge in [0.05, 0.1) is 9.52 Å². The van der Waals surface area contributed by atoms with Gasteiger partial charge >= 0.3 is 0 Å². The molecule has 1 heterocycles. The van der Waals surface area contributed by atoms with E-state index in [1.807, 2.05) is 6.08 Å². The van der Waals surface area contributed by atoms with Crippen LogP contribution in [0, 0.1) is 0 Å². The zero-order valence-electron chi connectivity index (χ0n) is 6.88. The smallest absolute Gasteiger partial charge is 0.142 e. The topological polar surface area (TPSA) is 29.5 Å². The Bertz CT molecular complexity index is 130. The summed E-state index contributed by atoms with van der Waals surface area (Å²) in [5, 5.41) is 9.79. The molecule has 0 radical (unpaired) electrons. The van der Waals surface area contributed by atoms with Gasteiger partial charge in [-0.15, -0.1) is 6.58 Å². The molecule has 1 rings (SSSR count). The second-order valence-corrected chi connectivity index (χ2v) is 5.26. The van der Waals surface area contributed by atoms with Crippen LogP contribution in [0.1, 0.15) is 19.3 Å². The van der Waals surface area contributed by atoms with Crippen LogP contribution in [0.2, 0.25) is 6.04 Å². The Morgan fingerprint density at radius 2 is 2.45 bits per heavy atom. The fraction of sp³-hybridized carbons (Fsp3) is 0.750. The zero-order chi connectivity index (χ0) is 8.16. The summed E-state index contributed by atoms with van der Waals surface area (Å²) in [6.45, 7) is 4.38. The Labute approximate surface area is 70.1 Å². The predicted molar refractivity (Wildman–Crippen MR) is 48.3 cm³/mol. The highest BCUT2D eigenvalue weighted by molar-refractivity contribution is 6.39. The van der Waals surface area contributed by atoms with E-state index in [0.717, 1.165) is 31.9 Å². The molecule has 1 atom stereocenters. The molecule has 1 saturated heterocycles. The lowest BCUT2D eigenvalue weighted by Crippen LogP contribution is -2.41. The molecule has 1 N–H and O–H groups in total. The summed E-state index contributed by atoms with van der Waals surface area (Å²) < 4.78 is 5.34. The van der Waals surface area contributed by atoms with E-state index < -0.39 is 14.9 Å². The predicted octanol–water partition coefficient (Wildman–Crippen LogP) is 0.606. The molecule has 1 unspecified atom stereocenters. The highest BCUT2D eigenvalue weighted by Gasteiger charge is 2.28. The molecule has 0 saturated carbocycles. The van der Waals surface area contributed by atoms with E-state index in [-0.39, 0.29) is 0 Å². The van der Waals surface area contributed by atoms with Crippen LogP contribution < -0.4 is 0 Å². The molecular weight excluding hydrogens is 156 g/mol. The second-order valence-electron chi connectivity index (χ2n) is 3.08. The monoisotopic (exact) mass is 172 g/mol. The van der Waals surface area contributed by atoms with Crippen molar-refractivity contribution < 1.29 is 9.84 Å². The molecule has 11 heavy (non-hydrogen) atoms. The van der Waals surface area contributed by atoms with Gasteiger partial charge in [0.15, 0.2) is 0 Å². The third kappa shape index (κ3) is 2.77. The highest BCUT2D eigenvalue weighted by atomic mass is 28.2. The lowest BCUT2D eigenvalue weighted by atomic mass is 10.2. The van der Waals surface area contributed by atoms with Gasteiger partial charge in [-0.2, -0.15) is 0 Å². The summed E-state index contributed by atoms with van der Waals surface area (Å²) in [5.74, 6) is 0. The summed E-state index contributed by atoms with van der Waals surface area (Å²) in [5.41, 5.74) is -0.702. The van der Waals surface area contributed by atoms with Crippen LogP contribution in [0.15, 0.2) is 12.7 Å². The molecule has 1 aliphatic heterocycles. The SMILES string of the molecule is C=CC[SiH2]C1(O)CCCCO1. The summed E-state index contributed by atoms with van der Waals surface area (Å²) in [6, 6.07) is 0.969. The van der Waals surface area contributed by atoms with Crippen molar-refractivity contribution in [2.75, 3.05) is 6.61 Å². The average Bonchev–Trinajstić information content (AvgIpc) is 2.03. The number of hydrogen-bond acceptors (Lipinski definition) is 2. The van der Waals surface area contributed by atoms with Gasteiger partial charge in [-0.05, 0) is 25.3 Å². The molecule has 1 fully saturated rings. The molecule has 0 amide bonds. The summed E-state index contributed by atoms with van der Waals surface area (Å²) in [4.78, 5) is 0. The van der Waals surface area contributed by atoms with Gasteiger partial charge < -0.3 is 9.84 Å². The maximum Gasteiger partial charge on any atom is 0.142 e. The fourth-order valence-corrected chi connectivity index (χ4v) is 2.81. The molecular formula is C8H16O2Si. The molecule has 0 aromatic heterocycles. The molecule has 0 aromatic carbocycles. The second kappa shape index (κ2) is 4.04. The van der Waals surface area contributed by atoms with Gasteiger partial charge in [0, 0.05) is 6.61 Å². The summed E-state index contributed by atoms with van der Waals surface area (Å²) in [6.07, 6.45) is 4.93. The first kappa shape index (κ1) is 8.97. The number of hydrogen-bond donors (Lipinski definition) is 1. The van der Waals surface area contributed by atoms with E-state index in [1.54, 1.807) is 0 Å². The van der Waals surface area contributed by atoms with Gasteiger partial charge in [0.1, 0.15) is 5.41 Å². The number of aliphatic hydroxyl groups is 1. The Hall–Kier alpha value is -0.123. The Morgan fingerprint density at radius 1 is 1.64 bits per heavy atom. The summed E-state index contributed by atoms with van der Waals surface area (Å²) in [7, 11) is -0.516. The molecule has 0 aromatic rings. The lowest BCUT2D eigenvalue weighted by molar-refractivity contribution is -0.164. The van der Waals surface area contributed by atoms with Gasteiger partial charge in [0.25, 0.3) is 0 Å². The van der Waals surface area contributed by atoms with Crippen LogP contribution in [-0.4, -0.2) is 26.6 Å². The third-order valence-electron chi connectivity index (χ3n) is 2.07. The lowest BCUT2D eigenvalue weighted by Gasteiger charge is -2.31. The Morgan fingerprint density at radius 3 is 3.00 bits per heavy atom. The van der Waals surface area contributed by atoms with Crippen LogP contribution in [0.5, 0.6) is 0 Å². The molecule has 3 heteroatoms. The molecule has 64 valence electrons. The van der Waals surface area contributed by atoms with Crippen molar-refractivity contribution in [1.82, 2.24) is 0 Å². The zero-order valence-corrected chi connectivity index (χ0v) is 8.30. The number of ether oxygens (including phenoxy) is 1. The maximum absolute atomic E-state index is 9.79. The summed E-state index contributed by atoms with van der Waals surface area (Å²) >= 11 is 0. The van der Waals surface area contributed by atoms with Gasteiger partial charge in [-0.25, -0.2) is 0 Å². The average molecular weight is 172 g/mol. The van der Waals surface area contributed by atoms with Crippen LogP contribution in [0.3, 0.4) is 0 Å². The van der Waals surface area contributed by atoms with Crippen molar-refractivity contribution in [3.8, 4) is 0 Å². The third-order valence-corrected chi connectivity index (χ3v) is 4.11. The number of allylic oxidation sites excluding steroid dienone is 1. The minimum absolute atomic E-state index is 0.516. The van der Waals surface area contributed by atoms with E-state index in [0.29, 0.717) is 0 Å². The van der Waals surface area contributed by atoms with Gasteiger partial charge in [0.2, 0.25) is 0 Å². The molecule has 1 aliphatic rings. The van der Waals surface area contributed by atoms with Crippen molar-refractivity contribution in [2.45, 2.75) is 30.7 Å². The van der Waals surface area contributed by atoms with Crippen LogP contribution in [0.4, 0.5) is 0 Å². The minimum atomic E-state index is -0.702. The first-order chi connectivity index (χ1) is 5.27. The van der Waals surface area contributed by atoms with Crippen molar-refractivity contribution in [1.29, 1.82) is 0 Å². The first-order valence-corrected chi connectivity index (χ1v) is 5.95. The van der Waals surface area contributed by atoms with Crippen molar-refractivity contribution in [3.63, 3.8) is 0 Å². The standard InChI is InChI=1S/C8H16O2Si/c1-2-7-11-8(9)5-3-4-6-10-8/h2,9H,1,3-7,11H2. The van der Waals surface area contributed by atoms with Crippen molar-refractivity contribution >= 4 is 9.52 Å². The quantitative estimate of drug-likeness (QED) is 0.499. The van der Waals surface area contributed by atoms with E-state index in [1.165, 1.54) is 0 Å². The van der Waals surface area contributed by atoms with Crippen LogP contribution in [-0.2, 0) is 4.74 Å². The van der Waals surface area contributed by atoms with Crippen molar-refractivity contribution in [2.24, 2.45) is 0 Å². The largest absolute Gasteiger partial charge is 0.370 e. The molecule has 0 spiro atoms. The first-order valence-electron chi connectivity index (χ1n) is 4.24. The van der Waals surface area contributed by atoms with E-state index >= 15 is 0 Å². The van der Waals surface area contributed by atoms with E-state index in [4.69, 9.17) is 4.74 Å². The molecule has 2 nitrogen and oxygen atoms in total. The minimum Gasteiger partial charge on any atom is -0.370 e. The number of rotatable bonds is 3. The maximum atomic E-state index is 9.79. The van der Waals surface area contributed by atoms with E-state index in [2.05, 4.69) is 6.58 Å². The normalized spacial score (nSPS) is 32.8. The van der Waals surface area contributed by atoms with Crippen LogP contribution >= 0.6 is 0 Å². The molecule has 0 aliphatic carbocycles. The van der Waals surface area contributed by atoms with Crippen molar-refractivity contribution in [3.05, 3.63) is 12.7 Å². The van der Waals surface area contributed by atoms with Crippen LogP contribution in [0.25, 0.3) is 0 Å². The Kier molecular flexibility index (Phi) is 3.30.